The van der Waals surface area contributed by atoms with E-state index in [1.807, 2.05) is 48.5 Å². The molecule has 0 amide bonds. The molecule has 0 saturated carbocycles. The quantitative estimate of drug-likeness (QED) is 0.661. The molecule has 4 heteroatoms. The van der Waals surface area contributed by atoms with Gasteiger partial charge in [-0.2, -0.15) is 0 Å². The summed E-state index contributed by atoms with van der Waals surface area (Å²) in [4.78, 5) is 8.88. The fraction of sp³-hybridized carbons (Fsp3) is 0.0667. The highest BCUT2D eigenvalue weighted by molar-refractivity contribution is 6.34. The van der Waals surface area contributed by atoms with Gasteiger partial charge in [-0.1, -0.05) is 41.9 Å². The maximum Gasteiger partial charge on any atom is 0.161 e. The summed E-state index contributed by atoms with van der Waals surface area (Å²) in [6, 6.07) is 15.3. The van der Waals surface area contributed by atoms with Gasteiger partial charge in [-0.25, -0.2) is 9.97 Å². The van der Waals surface area contributed by atoms with E-state index in [-0.39, 0.29) is 0 Å². The maximum atomic E-state index is 6.22. The van der Waals surface area contributed by atoms with Gasteiger partial charge in [0.2, 0.25) is 0 Å². The van der Waals surface area contributed by atoms with Crippen LogP contribution in [0.25, 0.3) is 22.3 Å². The number of halogens is 1. The fourth-order valence-electron chi connectivity index (χ4n) is 1.91. The molecule has 94 valence electrons. The zero-order chi connectivity index (χ0) is 13.2. The molecule has 0 atom stereocenters. The SMILES string of the molecule is COc1ccc2c(Cl)nc(-c3ccccc3)nc2c1. The van der Waals surface area contributed by atoms with E-state index in [1.165, 1.54) is 0 Å². The molecule has 1 heterocycles. The van der Waals surface area contributed by atoms with Gasteiger partial charge >= 0.3 is 0 Å². The van der Waals surface area contributed by atoms with E-state index in [0.29, 0.717) is 11.0 Å². The summed E-state index contributed by atoms with van der Waals surface area (Å²) in [5.74, 6) is 1.37. The summed E-state index contributed by atoms with van der Waals surface area (Å²) >= 11 is 6.22. The second-order valence-electron chi connectivity index (χ2n) is 4.09. The van der Waals surface area contributed by atoms with Crippen molar-refractivity contribution in [3.8, 4) is 17.1 Å². The van der Waals surface area contributed by atoms with Gasteiger partial charge in [-0.05, 0) is 12.1 Å². The third-order valence-electron chi connectivity index (χ3n) is 2.89. The minimum atomic E-state index is 0.450. The monoisotopic (exact) mass is 270 g/mol. The molecule has 0 radical (unpaired) electrons. The van der Waals surface area contributed by atoms with Gasteiger partial charge in [-0.3, -0.25) is 0 Å². The number of ether oxygens (including phenoxy) is 1. The van der Waals surface area contributed by atoms with Crippen LogP contribution in [-0.2, 0) is 0 Å². The molecule has 3 nitrogen and oxygen atoms in total. The van der Waals surface area contributed by atoms with Crippen molar-refractivity contribution < 1.29 is 4.74 Å². The van der Waals surface area contributed by atoms with Gasteiger partial charge in [0.05, 0.1) is 12.6 Å². The second-order valence-corrected chi connectivity index (χ2v) is 4.45. The van der Waals surface area contributed by atoms with E-state index in [0.717, 1.165) is 22.2 Å². The van der Waals surface area contributed by atoms with E-state index in [2.05, 4.69) is 9.97 Å². The molecule has 0 N–H and O–H groups in total. The number of hydrogen-bond acceptors (Lipinski definition) is 3. The molecular weight excluding hydrogens is 260 g/mol. The summed E-state index contributed by atoms with van der Waals surface area (Å²) < 4.78 is 5.20. The van der Waals surface area contributed by atoms with Crippen LogP contribution in [0, 0.1) is 0 Å². The van der Waals surface area contributed by atoms with E-state index in [9.17, 15) is 0 Å². The van der Waals surface area contributed by atoms with Crippen LogP contribution in [0.3, 0.4) is 0 Å². The van der Waals surface area contributed by atoms with Crippen molar-refractivity contribution in [1.82, 2.24) is 9.97 Å². The first kappa shape index (κ1) is 11.9. The highest BCUT2D eigenvalue weighted by Crippen LogP contribution is 2.27. The number of fused-ring (bicyclic) bond motifs is 1. The van der Waals surface area contributed by atoms with Crippen LogP contribution >= 0.6 is 11.6 Å². The Morgan fingerprint density at radius 2 is 1.79 bits per heavy atom. The highest BCUT2D eigenvalue weighted by atomic mass is 35.5. The molecule has 2 aromatic carbocycles. The lowest BCUT2D eigenvalue weighted by Crippen LogP contribution is -1.92. The molecule has 0 bridgehead atoms. The first-order chi connectivity index (χ1) is 9.28. The molecule has 0 unspecified atom stereocenters. The van der Waals surface area contributed by atoms with Crippen LogP contribution in [0.1, 0.15) is 0 Å². The molecule has 0 aliphatic rings. The summed E-state index contributed by atoms with van der Waals surface area (Å²) in [7, 11) is 1.63. The Hall–Kier alpha value is -2.13. The zero-order valence-corrected chi connectivity index (χ0v) is 11.1. The smallest absolute Gasteiger partial charge is 0.161 e. The Labute approximate surface area is 115 Å². The van der Waals surface area contributed by atoms with Crippen molar-refractivity contribution >= 4 is 22.5 Å². The summed E-state index contributed by atoms with van der Waals surface area (Å²) in [6.45, 7) is 0. The van der Waals surface area contributed by atoms with Crippen molar-refractivity contribution in [3.63, 3.8) is 0 Å². The number of aromatic nitrogens is 2. The van der Waals surface area contributed by atoms with E-state index in [4.69, 9.17) is 16.3 Å². The summed E-state index contributed by atoms with van der Waals surface area (Å²) in [5.41, 5.74) is 1.72. The number of rotatable bonds is 2. The first-order valence-electron chi connectivity index (χ1n) is 5.84. The van der Waals surface area contributed by atoms with E-state index in [1.54, 1.807) is 7.11 Å². The lowest BCUT2D eigenvalue weighted by atomic mass is 10.2. The molecular formula is C15H11ClN2O. The third-order valence-corrected chi connectivity index (χ3v) is 3.18. The van der Waals surface area contributed by atoms with Gasteiger partial charge in [0.25, 0.3) is 0 Å². The lowest BCUT2D eigenvalue weighted by molar-refractivity contribution is 0.415. The van der Waals surface area contributed by atoms with Crippen molar-refractivity contribution in [2.75, 3.05) is 7.11 Å². The Bertz CT molecular complexity index is 729. The van der Waals surface area contributed by atoms with Crippen molar-refractivity contribution in [1.29, 1.82) is 0 Å². The number of methoxy groups -OCH3 is 1. The van der Waals surface area contributed by atoms with E-state index >= 15 is 0 Å². The molecule has 0 aliphatic carbocycles. The van der Waals surface area contributed by atoms with Gasteiger partial charge in [-0.15, -0.1) is 0 Å². The predicted molar refractivity (Wildman–Crippen MR) is 76.5 cm³/mol. The lowest BCUT2D eigenvalue weighted by Gasteiger charge is -2.06. The number of nitrogens with zero attached hydrogens (tertiary/aromatic N) is 2. The van der Waals surface area contributed by atoms with Crippen LogP contribution in [0.15, 0.2) is 48.5 Å². The molecule has 0 fully saturated rings. The molecule has 0 spiro atoms. The highest BCUT2D eigenvalue weighted by Gasteiger charge is 2.08. The summed E-state index contributed by atoms with van der Waals surface area (Å²) in [6.07, 6.45) is 0. The molecule has 1 aromatic heterocycles. The Kier molecular flexibility index (Phi) is 3.05. The summed E-state index contributed by atoms with van der Waals surface area (Å²) in [5, 5.41) is 1.27. The van der Waals surface area contributed by atoms with Crippen molar-refractivity contribution in [2.45, 2.75) is 0 Å². The topological polar surface area (TPSA) is 35.0 Å². The second kappa shape index (κ2) is 4.86. The zero-order valence-electron chi connectivity index (χ0n) is 10.3. The molecule has 19 heavy (non-hydrogen) atoms. The predicted octanol–water partition coefficient (Wildman–Crippen LogP) is 3.96. The largest absolute Gasteiger partial charge is 0.497 e. The van der Waals surface area contributed by atoms with Gasteiger partial charge in [0.15, 0.2) is 5.82 Å². The third kappa shape index (κ3) is 2.25. The standard InChI is InChI=1S/C15H11ClN2O/c1-19-11-7-8-12-13(9-11)17-15(18-14(12)16)10-5-3-2-4-6-10/h2-9H,1H3. The van der Waals surface area contributed by atoms with Crippen LogP contribution in [0.4, 0.5) is 0 Å². The van der Waals surface area contributed by atoms with Gasteiger partial charge in [0.1, 0.15) is 10.9 Å². The van der Waals surface area contributed by atoms with Crippen LogP contribution in [0.2, 0.25) is 5.15 Å². The molecule has 0 aliphatic heterocycles. The first-order valence-corrected chi connectivity index (χ1v) is 6.22. The Morgan fingerprint density at radius 1 is 1.00 bits per heavy atom. The van der Waals surface area contributed by atoms with Crippen molar-refractivity contribution in [2.24, 2.45) is 0 Å². The van der Waals surface area contributed by atoms with Crippen LogP contribution in [-0.4, -0.2) is 17.1 Å². The average Bonchev–Trinajstić information content (AvgIpc) is 2.47. The fourth-order valence-corrected chi connectivity index (χ4v) is 2.15. The minimum Gasteiger partial charge on any atom is -0.497 e. The number of benzene rings is 2. The Morgan fingerprint density at radius 3 is 2.53 bits per heavy atom. The molecule has 3 rings (SSSR count). The normalized spacial score (nSPS) is 10.6. The number of hydrogen-bond donors (Lipinski definition) is 0. The maximum absolute atomic E-state index is 6.22. The van der Waals surface area contributed by atoms with Crippen LogP contribution < -0.4 is 4.74 Å². The molecule has 0 saturated heterocycles. The van der Waals surface area contributed by atoms with Crippen molar-refractivity contribution in [3.05, 3.63) is 53.7 Å². The van der Waals surface area contributed by atoms with Gasteiger partial charge < -0.3 is 4.74 Å². The molecule has 3 aromatic rings. The van der Waals surface area contributed by atoms with E-state index < -0.39 is 0 Å². The minimum absolute atomic E-state index is 0.450. The van der Waals surface area contributed by atoms with Gasteiger partial charge in [0, 0.05) is 17.0 Å². The van der Waals surface area contributed by atoms with Crippen LogP contribution in [0.5, 0.6) is 5.75 Å². The average molecular weight is 271 g/mol. The Balaban J connectivity index is 2.23.